The van der Waals surface area contributed by atoms with Crippen LogP contribution in [0.5, 0.6) is 0 Å². The van der Waals surface area contributed by atoms with E-state index in [-0.39, 0.29) is 18.1 Å². The number of amides is 1. The van der Waals surface area contributed by atoms with Gasteiger partial charge in [-0.25, -0.2) is 9.97 Å². The van der Waals surface area contributed by atoms with Gasteiger partial charge < -0.3 is 16.0 Å². The van der Waals surface area contributed by atoms with Crippen LogP contribution in [-0.4, -0.2) is 34.0 Å². The van der Waals surface area contributed by atoms with Crippen LogP contribution in [0.25, 0.3) is 0 Å². The molecule has 2 heterocycles. The lowest BCUT2D eigenvalue weighted by atomic mass is 10.1. The predicted molar refractivity (Wildman–Crippen MR) is 138 cm³/mol. The standard InChI is InChI=1S/C22H25F3N6O.C4H10/c1-4-5-15(10-27-3)21(32)31-11-18-19(12-31)29-13(2)30-20(18)28-9-14-6-16(22(23,24)25)8-17(26)7-14;1-4(2)3/h5-8,10H,4,9,11-12,26H2,1-3H3,(H,28,29,30);4H,1-3H3/b15-5+,27-10?;. The molecule has 3 N–H and O–H groups in total. The number of hydrogen-bond acceptors (Lipinski definition) is 6. The van der Waals surface area contributed by atoms with Crippen molar-refractivity contribution in [3.05, 3.63) is 58.1 Å². The van der Waals surface area contributed by atoms with E-state index >= 15 is 0 Å². The summed E-state index contributed by atoms with van der Waals surface area (Å²) in [6.07, 6.45) is -0.446. The number of aryl methyl sites for hydroxylation is 1. The summed E-state index contributed by atoms with van der Waals surface area (Å²) in [5.74, 6) is 1.66. The smallest absolute Gasteiger partial charge is 0.399 e. The average Bonchev–Trinajstić information content (AvgIpc) is 3.19. The number of nitrogens with two attached hydrogens (primary N) is 1. The Bertz CT molecular complexity index is 1120. The number of nitrogens with one attached hydrogen (secondary N) is 1. The Balaban J connectivity index is 0.00000106. The highest BCUT2D eigenvalue weighted by Crippen LogP contribution is 2.32. The Labute approximate surface area is 210 Å². The molecule has 0 fully saturated rings. The van der Waals surface area contributed by atoms with E-state index in [0.717, 1.165) is 23.6 Å². The number of nitrogen functional groups attached to an aromatic ring is 1. The monoisotopic (exact) mass is 504 g/mol. The third kappa shape index (κ3) is 8.07. The van der Waals surface area contributed by atoms with Gasteiger partial charge >= 0.3 is 6.18 Å². The number of fused-ring (bicyclic) bond motifs is 1. The molecule has 3 rings (SSSR count). The Kier molecular flexibility index (Phi) is 10.0. The van der Waals surface area contributed by atoms with Crippen LogP contribution in [0.4, 0.5) is 24.7 Å². The van der Waals surface area contributed by atoms with Crippen molar-refractivity contribution in [2.45, 2.75) is 66.9 Å². The molecule has 0 radical (unpaired) electrons. The van der Waals surface area contributed by atoms with E-state index in [4.69, 9.17) is 5.73 Å². The average molecular weight is 505 g/mol. The van der Waals surface area contributed by atoms with Gasteiger partial charge in [-0.1, -0.05) is 33.8 Å². The Morgan fingerprint density at radius 1 is 1.22 bits per heavy atom. The minimum Gasteiger partial charge on any atom is -0.399 e. The molecule has 196 valence electrons. The van der Waals surface area contributed by atoms with E-state index in [1.807, 2.05) is 13.0 Å². The second kappa shape index (κ2) is 12.5. The summed E-state index contributed by atoms with van der Waals surface area (Å²) in [4.78, 5) is 27.4. The van der Waals surface area contributed by atoms with Crippen molar-refractivity contribution in [1.29, 1.82) is 0 Å². The number of alkyl halides is 3. The number of nitrogens with zero attached hydrogens (tertiary/aromatic N) is 4. The maximum absolute atomic E-state index is 13.1. The first-order valence-corrected chi connectivity index (χ1v) is 11.8. The molecule has 10 heteroatoms. The van der Waals surface area contributed by atoms with Crippen LogP contribution in [0, 0.1) is 12.8 Å². The number of rotatable bonds is 6. The summed E-state index contributed by atoms with van der Waals surface area (Å²) >= 11 is 0. The number of carbonyl (C=O) groups is 1. The van der Waals surface area contributed by atoms with Gasteiger partial charge in [0.25, 0.3) is 5.91 Å². The van der Waals surface area contributed by atoms with Crippen molar-refractivity contribution >= 4 is 23.6 Å². The van der Waals surface area contributed by atoms with Crippen LogP contribution in [-0.2, 0) is 30.6 Å². The number of allylic oxidation sites excluding steroid dienone is 1. The van der Waals surface area contributed by atoms with Crippen LogP contribution in [0.1, 0.15) is 62.3 Å². The molecular weight excluding hydrogens is 469 g/mol. The normalized spacial score (nSPS) is 13.6. The van der Waals surface area contributed by atoms with E-state index < -0.39 is 11.7 Å². The Hall–Kier alpha value is -3.43. The highest BCUT2D eigenvalue weighted by Gasteiger charge is 2.31. The zero-order chi connectivity index (χ0) is 27.0. The molecule has 0 unspecified atom stereocenters. The number of aromatic nitrogens is 2. The first-order valence-electron chi connectivity index (χ1n) is 11.8. The molecule has 7 nitrogen and oxygen atoms in total. The third-order valence-electron chi connectivity index (χ3n) is 4.92. The number of benzene rings is 1. The summed E-state index contributed by atoms with van der Waals surface area (Å²) in [7, 11) is 1.60. The van der Waals surface area contributed by atoms with Crippen LogP contribution >= 0.6 is 0 Å². The van der Waals surface area contributed by atoms with E-state index in [1.165, 1.54) is 12.3 Å². The van der Waals surface area contributed by atoms with Gasteiger partial charge in [-0.2, -0.15) is 13.2 Å². The van der Waals surface area contributed by atoms with Crippen molar-refractivity contribution in [2.24, 2.45) is 10.9 Å². The van der Waals surface area contributed by atoms with Crippen LogP contribution in [0.2, 0.25) is 0 Å². The summed E-state index contributed by atoms with van der Waals surface area (Å²) < 4.78 is 39.3. The maximum Gasteiger partial charge on any atom is 0.416 e. The lowest BCUT2D eigenvalue weighted by molar-refractivity contribution is -0.137. The van der Waals surface area contributed by atoms with Crippen molar-refractivity contribution in [3.8, 4) is 0 Å². The number of aliphatic imine (C=N–C) groups is 1. The molecule has 0 bridgehead atoms. The quantitative estimate of drug-likeness (QED) is 0.306. The van der Waals surface area contributed by atoms with E-state index in [1.54, 1.807) is 18.9 Å². The second-order valence-electron chi connectivity index (χ2n) is 9.21. The topological polar surface area (TPSA) is 96.5 Å². The second-order valence-corrected chi connectivity index (χ2v) is 9.21. The third-order valence-corrected chi connectivity index (χ3v) is 4.92. The minimum absolute atomic E-state index is 0.0327. The SMILES string of the molecule is CC(C)C.CC/C=C(\C=NC)C(=O)N1Cc2nc(C)nc(NCc3cc(N)cc(C(F)(F)F)c3)c2C1. The van der Waals surface area contributed by atoms with E-state index in [0.29, 0.717) is 48.0 Å². The van der Waals surface area contributed by atoms with Crippen molar-refractivity contribution in [3.63, 3.8) is 0 Å². The molecule has 1 aliphatic rings. The molecule has 0 saturated heterocycles. The van der Waals surface area contributed by atoms with Gasteiger partial charge in [-0.15, -0.1) is 0 Å². The van der Waals surface area contributed by atoms with Gasteiger partial charge in [0.1, 0.15) is 11.6 Å². The fourth-order valence-corrected chi connectivity index (χ4v) is 3.57. The lowest BCUT2D eigenvalue weighted by Gasteiger charge is -2.16. The van der Waals surface area contributed by atoms with Crippen molar-refractivity contribution in [2.75, 3.05) is 18.1 Å². The van der Waals surface area contributed by atoms with Gasteiger partial charge in [-0.05, 0) is 43.0 Å². The fourth-order valence-electron chi connectivity index (χ4n) is 3.57. The predicted octanol–water partition coefficient (Wildman–Crippen LogP) is 5.54. The van der Waals surface area contributed by atoms with Gasteiger partial charge in [0, 0.05) is 31.1 Å². The molecule has 1 aromatic carbocycles. The number of hydrogen-bond donors (Lipinski definition) is 2. The molecule has 0 atom stereocenters. The van der Waals surface area contributed by atoms with Crippen LogP contribution < -0.4 is 11.1 Å². The molecule has 2 aromatic rings. The first kappa shape index (κ1) is 28.8. The zero-order valence-corrected chi connectivity index (χ0v) is 21.7. The van der Waals surface area contributed by atoms with E-state index in [2.05, 4.69) is 41.0 Å². The van der Waals surface area contributed by atoms with Crippen LogP contribution in [0.3, 0.4) is 0 Å². The van der Waals surface area contributed by atoms with Gasteiger partial charge in [0.15, 0.2) is 0 Å². The van der Waals surface area contributed by atoms with Crippen molar-refractivity contribution < 1.29 is 18.0 Å². The zero-order valence-electron chi connectivity index (χ0n) is 21.7. The Morgan fingerprint density at radius 3 is 2.47 bits per heavy atom. The molecular formula is C26H35F3N6O. The van der Waals surface area contributed by atoms with Gasteiger partial charge in [-0.3, -0.25) is 9.79 Å². The number of carbonyl (C=O) groups excluding carboxylic acids is 1. The number of anilines is 2. The largest absolute Gasteiger partial charge is 0.416 e. The first-order chi connectivity index (χ1) is 16.8. The molecule has 0 aliphatic carbocycles. The minimum atomic E-state index is -4.48. The molecule has 1 aromatic heterocycles. The van der Waals surface area contributed by atoms with Crippen molar-refractivity contribution in [1.82, 2.24) is 14.9 Å². The fraction of sp³-hybridized carbons (Fsp3) is 0.462. The summed E-state index contributed by atoms with van der Waals surface area (Å²) in [6.45, 7) is 10.9. The van der Waals surface area contributed by atoms with Crippen LogP contribution in [0.15, 0.2) is 34.8 Å². The molecule has 0 saturated carbocycles. The molecule has 36 heavy (non-hydrogen) atoms. The maximum atomic E-state index is 13.1. The summed E-state index contributed by atoms with van der Waals surface area (Å²) in [6, 6.07) is 3.44. The van der Waals surface area contributed by atoms with Gasteiger partial charge in [0.05, 0.1) is 29.9 Å². The molecule has 1 aliphatic heterocycles. The highest BCUT2D eigenvalue weighted by atomic mass is 19.4. The van der Waals surface area contributed by atoms with Gasteiger partial charge in [0.2, 0.25) is 0 Å². The molecule has 0 spiro atoms. The van der Waals surface area contributed by atoms with E-state index in [9.17, 15) is 18.0 Å². The summed E-state index contributed by atoms with van der Waals surface area (Å²) in [5, 5.41) is 3.09. The number of halogens is 3. The molecule has 1 amide bonds. The lowest BCUT2D eigenvalue weighted by Crippen LogP contribution is -2.27. The highest BCUT2D eigenvalue weighted by molar-refractivity contribution is 6.12. The summed E-state index contributed by atoms with van der Waals surface area (Å²) in [5.41, 5.74) is 7.21. The Morgan fingerprint density at radius 2 is 1.89 bits per heavy atom.